The van der Waals surface area contributed by atoms with Gasteiger partial charge in [0.2, 0.25) is 5.69 Å². The van der Waals surface area contributed by atoms with Gasteiger partial charge in [0.1, 0.15) is 0 Å². The van der Waals surface area contributed by atoms with E-state index in [-0.39, 0.29) is 0 Å². The third-order valence-electron chi connectivity index (χ3n) is 2.12. The lowest BCUT2D eigenvalue weighted by atomic mass is 10.1. The van der Waals surface area contributed by atoms with E-state index in [9.17, 15) is 35.1 Å². The van der Waals surface area contributed by atoms with Crippen LogP contribution in [0.15, 0.2) is 6.07 Å². The second-order valence-corrected chi connectivity index (χ2v) is 3.31. The fourth-order valence-electron chi connectivity index (χ4n) is 1.39. The van der Waals surface area contributed by atoms with Gasteiger partial charge in [0.15, 0.2) is 5.69 Å². The first-order valence-electron chi connectivity index (χ1n) is 4.63. The van der Waals surface area contributed by atoms with E-state index in [1.54, 1.807) is 5.32 Å². The number of nitrogens with zero attached hydrogens (tertiary/aromatic N) is 3. The molecule has 0 radical (unpaired) electrons. The van der Waals surface area contributed by atoms with Crippen LogP contribution >= 0.6 is 0 Å². The molecule has 0 saturated heterocycles. The summed E-state index contributed by atoms with van der Waals surface area (Å²) in [6, 6.07) is -0.933. The third-order valence-corrected chi connectivity index (χ3v) is 2.12. The van der Waals surface area contributed by atoms with Crippen LogP contribution in [0.3, 0.4) is 0 Å². The van der Waals surface area contributed by atoms with Crippen molar-refractivity contribution >= 4 is 34.5 Å². The molecule has 5 N–H and O–H groups in total. The number of hydrogen-bond acceptors (Lipinski definition) is 8. The number of nitrogens with one attached hydrogen (secondary N) is 1. The van der Waals surface area contributed by atoms with Crippen LogP contribution in [0.5, 0.6) is 0 Å². The molecular weight excluding hydrogens is 280 g/mol. The fourth-order valence-corrected chi connectivity index (χ4v) is 1.39. The predicted octanol–water partition coefficient (Wildman–Crippen LogP) is 0.484. The van der Waals surface area contributed by atoms with E-state index in [1.807, 2.05) is 0 Å². The Labute approximate surface area is 108 Å². The number of urea groups is 1. The number of nitrogen functional groups attached to an aromatic ring is 1. The van der Waals surface area contributed by atoms with Gasteiger partial charge in [-0.1, -0.05) is 0 Å². The van der Waals surface area contributed by atoms with Crippen LogP contribution in [0, 0.1) is 30.3 Å². The number of amides is 2. The van der Waals surface area contributed by atoms with Gasteiger partial charge in [-0.25, -0.2) is 4.79 Å². The van der Waals surface area contributed by atoms with Crippen molar-refractivity contribution in [1.82, 2.24) is 0 Å². The SMILES string of the molecule is NC(=O)Nc1c([N+](=O)[O-])cc([N+](=O)[O-])c(N)c1[N+](=O)[O-]. The first-order chi connectivity index (χ1) is 9.16. The molecule has 0 bridgehead atoms. The average molecular weight is 286 g/mol. The molecule has 0 aliphatic heterocycles. The van der Waals surface area contributed by atoms with E-state index in [4.69, 9.17) is 11.5 Å². The van der Waals surface area contributed by atoms with Crippen LogP contribution in [0.25, 0.3) is 0 Å². The second-order valence-electron chi connectivity index (χ2n) is 3.31. The third kappa shape index (κ3) is 2.50. The van der Waals surface area contributed by atoms with Gasteiger partial charge in [-0.3, -0.25) is 35.7 Å². The quantitative estimate of drug-likeness (QED) is 0.401. The van der Waals surface area contributed by atoms with Crippen molar-refractivity contribution < 1.29 is 19.6 Å². The van der Waals surface area contributed by atoms with Crippen LogP contribution < -0.4 is 16.8 Å². The Hall–Kier alpha value is -3.51. The highest BCUT2D eigenvalue weighted by molar-refractivity contribution is 5.98. The first kappa shape index (κ1) is 14.6. The molecule has 0 aliphatic rings. The molecular formula is C7H6N6O7. The summed E-state index contributed by atoms with van der Waals surface area (Å²) in [5, 5.41) is 34.0. The first-order valence-corrected chi connectivity index (χ1v) is 4.63. The van der Waals surface area contributed by atoms with Crippen molar-refractivity contribution in [2.24, 2.45) is 5.73 Å². The van der Waals surface area contributed by atoms with E-state index in [1.165, 1.54) is 0 Å². The molecule has 20 heavy (non-hydrogen) atoms. The zero-order chi connectivity index (χ0) is 15.6. The van der Waals surface area contributed by atoms with Gasteiger partial charge in [-0.2, -0.15) is 0 Å². The highest BCUT2D eigenvalue weighted by Crippen LogP contribution is 2.44. The Morgan fingerprint density at radius 1 is 1.05 bits per heavy atom. The Balaban J connectivity index is 3.82. The van der Waals surface area contributed by atoms with Gasteiger partial charge in [0.05, 0.1) is 20.8 Å². The van der Waals surface area contributed by atoms with Gasteiger partial charge < -0.3 is 11.5 Å². The van der Waals surface area contributed by atoms with Crippen molar-refractivity contribution in [3.05, 3.63) is 36.4 Å². The topological polar surface area (TPSA) is 211 Å². The Morgan fingerprint density at radius 3 is 1.90 bits per heavy atom. The van der Waals surface area contributed by atoms with Crippen molar-refractivity contribution in [2.45, 2.75) is 0 Å². The molecule has 0 heterocycles. The number of benzene rings is 1. The number of carbonyl (C=O) groups excluding carboxylic acids is 1. The van der Waals surface area contributed by atoms with Gasteiger partial charge in [0, 0.05) is 0 Å². The minimum absolute atomic E-state index is 0.396. The highest BCUT2D eigenvalue weighted by Gasteiger charge is 2.36. The number of nitro benzene ring substituents is 3. The largest absolute Gasteiger partial charge is 0.387 e. The molecule has 1 rings (SSSR count). The maximum Gasteiger partial charge on any atom is 0.329 e. The van der Waals surface area contributed by atoms with Crippen molar-refractivity contribution in [2.75, 3.05) is 11.1 Å². The van der Waals surface area contributed by atoms with E-state index >= 15 is 0 Å². The van der Waals surface area contributed by atoms with Gasteiger partial charge in [0.25, 0.3) is 0 Å². The summed E-state index contributed by atoms with van der Waals surface area (Å²) in [5.41, 5.74) is 4.84. The molecule has 13 nitrogen and oxygen atoms in total. The molecule has 1 aromatic carbocycles. The highest BCUT2D eigenvalue weighted by atomic mass is 16.6. The van der Waals surface area contributed by atoms with Crippen LogP contribution in [0.1, 0.15) is 0 Å². The minimum Gasteiger partial charge on any atom is -0.387 e. The van der Waals surface area contributed by atoms with E-state index in [0.717, 1.165) is 0 Å². The van der Waals surface area contributed by atoms with E-state index in [2.05, 4.69) is 0 Å². The fraction of sp³-hybridized carbons (Fsp3) is 0. The molecule has 0 aromatic heterocycles. The predicted molar refractivity (Wildman–Crippen MR) is 64.0 cm³/mol. The molecule has 2 amide bonds. The molecule has 0 spiro atoms. The van der Waals surface area contributed by atoms with Crippen LogP contribution in [0.4, 0.5) is 33.2 Å². The number of rotatable bonds is 4. The number of nitrogens with two attached hydrogens (primary N) is 2. The summed E-state index contributed by atoms with van der Waals surface area (Å²) in [4.78, 5) is 39.6. The van der Waals surface area contributed by atoms with Crippen molar-refractivity contribution in [1.29, 1.82) is 0 Å². The summed E-state index contributed by atoms with van der Waals surface area (Å²) in [5.74, 6) is 0. The van der Waals surface area contributed by atoms with Crippen molar-refractivity contribution in [3.8, 4) is 0 Å². The molecule has 1 aromatic rings. The molecule has 13 heteroatoms. The number of anilines is 2. The molecule has 0 aliphatic carbocycles. The van der Waals surface area contributed by atoms with Crippen molar-refractivity contribution in [3.63, 3.8) is 0 Å². The summed E-state index contributed by atoms with van der Waals surface area (Å²) in [6.45, 7) is 0. The summed E-state index contributed by atoms with van der Waals surface area (Å²) >= 11 is 0. The monoisotopic (exact) mass is 286 g/mol. The van der Waals surface area contributed by atoms with Crippen LogP contribution in [0.2, 0.25) is 0 Å². The maximum absolute atomic E-state index is 10.9. The zero-order valence-corrected chi connectivity index (χ0v) is 9.43. The van der Waals surface area contributed by atoms with Gasteiger partial charge in [-0.15, -0.1) is 0 Å². The molecule has 0 unspecified atom stereocenters. The maximum atomic E-state index is 10.9. The van der Waals surface area contributed by atoms with Gasteiger partial charge >= 0.3 is 23.1 Å². The summed E-state index contributed by atoms with van der Waals surface area (Å²) in [6.07, 6.45) is 0. The normalized spacial score (nSPS) is 9.80. The average Bonchev–Trinajstić information content (AvgIpc) is 2.26. The van der Waals surface area contributed by atoms with E-state index in [0.29, 0.717) is 6.07 Å². The zero-order valence-electron chi connectivity index (χ0n) is 9.43. The lowest BCUT2D eigenvalue weighted by molar-refractivity contribution is -0.400. The summed E-state index contributed by atoms with van der Waals surface area (Å²) in [7, 11) is 0. The molecule has 0 saturated carbocycles. The smallest absolute Gasteiger partial charge is 0.329 e. The standard InChI is InChI=1S/C7H6N6O7/c8-4-2(11(15)16)1-3(12(17)18)5(10-7(9)14)6(4)13(19)20/h1H,8H2,(H3,9,10,14). The lowest BCUT2D eigenvalue weighted by Gasteiger charge is -2.06. The number of carbonyl (C=O) groups is 1. The Morgan fingerprint density at radius 2 is 1.55 bits per heavy atom. The van der Waals surface area contributed by atoms with Gasteiger partial charge in [-0.05, 0) is 0 Å². The summed E-state index contributed by atoms with van der Waals surface area (Å²) < 4.78 is 0. The molecule has 0 atom stereocenters. The van der Waals surface area contributed by atoms with E-state index < -0.39 is 49.2 Å². The van der Waals surface area contributed by atoms with Crippen LogP contribution in [-0.4, -0.2) is 20.8 Å². The molecule has 0 fully saturated rings. The van der Waals surface area contributed by atoms with Crippen LogP contribution in [-0.2, 0) is 0 Å². The Bertz CT molecular complexity index is 641. The molecule has 106 valence electrons. The number of hydrogen-bond donors (Lipinski definition) is 3. The Kier molecular flexibility index (Phi) is 3.64. The number of nitro groups is 3. The number of primary amides is 1. The second kappa shape index (κ2) is 5.01. The minimum atomic E-state index is -1.33. The lowest BCUT2D eigenvalue weighted by Crippen LogP contribution is -2.21.